The van der Waals surface area contributed by atoms with Crippen molar-refractivity contribution in [1.82, 2.24) is 5.32 Å². The number of thioether (sulfide) groups is 1. The zero-order valence-electron chi connectivity index (χ0n) is 14.6. The lowest BCUT2D eigenvalue weighted by molar-refractivity contribution is 0.0951. The van der Waals surface area contributed by atoms with Gasteiger partial charge in [-0.05, 0) is 47.7 Å². The number of carbonyl (C=O) groups is 1. The lowest BCUT2D eigenvalue weighted by Gasteiger charge is -2.10. The third-order valence-electron chi connectivity index (χ3n) is 3.94. The highest BCUT2D eigenvalue weighted by atomic mass is 32.2. The molecule has 0 unspecified atom stereocenters. The van der Waals surface area contributed by atoms with E-state index in [9.17, 15) is 4.79 Å². The van der Waals surface area contributed by atoms with Gasteiger partial charge in [-0.15, -0.1) is 23.1 Å². The molecule has 0 aliphatic rings. The average Bonchev–Trinajstić information content (AvgIpc) is 3.20. The van der Waals surface area contributed by atoms with Crippen LogP contribution < -0.4 is 10.1 Å². The number of carbonyl (C=O) groups excluding carboxylic acids is 1. The Kier molecular flexibility index (Phi) is 6.75. The van der Waals surface area contributed by atoms with Gasteiger partial charge in [0.2, 0.25) is 0 Å². The molecule has 0 saturated heterocycles. The monoisotopic (exact) mass is 383 g/mol. The van der Waals surface area contributed by atoms with E-state index < -0.39 is 0 Å². The first-order valence-electron chi connectivity index (χ1n) is 8.41. The van der Waals surface area contributed by atoms with E-state index in [0.29, 0.717) is 6.54 Å². The van der Waals surface area contributed by atoms with Gasteiger partial charge in [-0.3, -0.25) is 4.79 Å². The molecule has 2 aromatic carbocycles. The van der Waals surface area contributed by atoms with Crippen LogP contribution in [0, 0.1) is 0 Å². The zero-order valence-corrected chi connectivity index (χ0v) is 16.2. The standard InChI is InChI=1S/C21H21NO2S2/c1-24-17-10-8-16(9-11-17)12-13-22-21(23)19-6-2-3-7-20(19)26-15-18-5-4-14-25-18/h2-11,14H,12-13,15H2,1H3,(H,22,23). The second-order valence-corrected chi connectivity index (χ2v) is 7.77. The van der Waals surface area contributed by atoms with Gasteiger partial charge in [-0.1, -0.05) is 30.3 Å². The fraction of sp³-hybridized carbons (Fsp3) is 0.190. The number of thiophene rings is 1. The van der Waals surface area contributed by atoms with Crippen molar-refractivity contribution in [1.29, 1.82) is 0 Å². The van der Waals surface area contributed by atoms with Crippen LogP contribution in [0.15, 0.2) is 70.9 Å². The Bertz CT molecular complexity index is 829. The van der Waals surface area contributed by atoms with Crippen molar-refractivity contribution < 1.29 is 9.53 Å². The second kappa shape index (κ2) is 9.46. The Labute approximate surface area is 162 Å². The molecular weight excluding hydrogens is 362 g/mol. The topological polar surface area (TPSA) is 38.3 Å². The molecule has 3 rings (SSSR count). The molecule has 5 heteroatoms. The highest BCUT2D eigenvalue weighted by Crippen LogP contribution is 2.27. The van der Waals surface area contributed by atoms with E-state index >= 15 is 0 Å². The lowest BCUT2D eigenvalue weighted by atomic mass is 10.1. The molecule has 1 heterocycles. The van der Waals surface area contributed by atoms with Gasteiger partial charge in [0.25, 0.3) is 5.91 Å². The molecular formula is C21H21NO2S2. The van der Waals surface area contributed by atoms with Crippen LogP contribution in [0.3, 0.4) is 0 Å². The Hall–Kier alpha value is -2.24. The van der Waals surface area contributed by atoms with Gasteiger partial charge in [0.1, 0.15) is 5.75 Å². The molecule has 1 N–H and O–H groups in total. The number of benzene rings is 2. The van der Waals surface area contributed by atoms with E-state index in [1.165, 1.54) is 10.4 Å². The molecule has 0 spiro atoms. The fourth-order valence-corrected chi connectivity index (χ4v) is 4.35. The number of nitrogens with one attached hydrogen (secondary N) is 1. The molecule has 1 aromatic heterocycles. The third-order valence-corrected chi connectivity index (χ3v) is 6.12. The largest absolute Gasteiger partial charge is 0.497 e. The lowest BCUT2D eigenvalue weighted by Crippen LogP contribution is -2.26. The maximum atomic E-state index is 12.6. The summed E-state index contributed by atoms with van der Waals surface area (Å²) in [6.07, 6.45) is 0.792. The van der Waals surface area contributed by atoms with E-state index in [4.69, 9.17) is 4.74 Å². The summed E-state index contributed by atoms with van der Waals surface area (Å²) in [7, 11) is 1.66. The highest BCUT2D eigenvalue weighted by molar-refractivity contribution is 7.98. The maximum absolute atomic E-state index is 12.6. The van der Waals surface area contributed by atoms with Crippen molar-refractivity contribution in [3.05, 3.63) is 82.0 Å². The van der Waals surface area contributed by atoms with Crippen molar-refractivity contribution in [3.8, 4) is 5.75 Å². The van der Waals surface area contributed by atoms with E-state index in [1.807, 2.05) is 48.5 Å². The minimum atomic E-state index is -0.0206. The number of rotatable bonds is 8. The van der Waals surface area contributed by atoms with Gasteiger partial charge in [0.05, 0.1) is 12.7 Å². The Morgan fingerprint density at radius 2 is 1.88 bits per heavy atom. The van der Waals surface area contributed by atoms with Crippen molar-refractivity contribution in [3.63, 3.8) is 0 Å². The molecule has 0 aliphatic heterocycles. The molecule has 3 nitrogen and oxygen atoms in total. The first-order valence-corrected chi connectivity index (χ1v) is 10.3. The summed E-state index contributed by atoms with van der Waals surface area (Å²) in [5.74, 6) is 1.70. The van der Waals surface area contributed by atoms with Gasteiger partial charge in [0, 0.05) is 22.1 Å². The van der Waals surface area contributed by atoms with Crippen molar-refractivity contribution in [2.45, 2.75) is 17.1 Å². The minimum absolute atomic E-state index is 0.0206. The summed E-state index contributed by atoms with van der Waals surface area (Å²) in [6, 6.07) is 19.9. The van der Waals surface area contributed by atoms with Crippen LogP contribution in [-0.2, 0) is 12.2 Å². The van der Waals surface area contributed by atoms with E-state index in [-0.39, 0.29) is 5.91 Å². The highest BCUT2D eigenvalue weighted by Gasteiger charge is 2.11. The Morgan fingerprint density at radius 3 is 2.62 bits per heavy atom. The summed E-state index contributed by atoms with van der Waals surface area (Å²) >= 11 is 3.44. The molecule has 26 heavy (non-hydrogen) atoms. The fourth-order valence-electron chi connectivity index (χ4n) is 2.53. The molecule has 0 aliphatic carbocycles. The van der Waals surface area contributed by atoms with Crippen molar-refractivity contribution >= 4 is 29.0 Å². The van der Waals surface area contributed by atoms with Crippen LogP contribution in [0.1, 0.15) is 20.8 Å². The predicted octanol–water partition coefficient (Wildman–Crippen LogP) is 5.02. The summed E-state index contributed by atoms with van der Waals surface area (Å²) in [4.78, 5) is 14.9. The number of methoxy groups -OCH3 is 1. The van der Waals surface area contributed by atoms with Crippen molar-refractivity contribution in [2.75, 3.05) is 13.7 Å². The first-order chi connectivity index (χ1) is 12.8. The number of hydrogen-bond donors (Lipinski definition) is 1. The van der Waals surface area contributed by atoms with Crippen LogP contribution >= 0.6 is 23.1 Å². The van der Waals surface area contributed by atoms with Gasteiger partial charge in [-0.2, -0.15) is 0 Å². The minimum Gasteiger partial charge on any atom is -0.497 e. The number of hydrogen-bond acceptors (Lipinski definition) is 4. The van der Waals surface area contributed by atoms with Crippen LogP contribution in [-0.4, -0.2) is 19.6 Å². The van der Waals surface area contributed by atoms with Gasteiger partial charge < -0.3 is 10.1 Å². The summed E-state index contributed by atoms with van der Waals surface area (Å²) in [5, 5.41) is 5.11. The summed E-state index contributed by atoms with van der Waals surface area (Å²) < 4.78 is 5.16. The Balaban J connectivity index is 1.55. The molecule has 0 saturated carbocycles. The quantitative estimate of drug-likeness (QED) is 0.555. The molecule has 3 aromatic rings. The first kappa shape index (κ1) is 18.5. The average molecular weight is 384 g/mol. The van der Waals surface area contributed by atoms with Crippen molar-refractivity contribution in [2.24, 2.45) is 0 Å². The van der Waals surface area contributed by atoms with E-state index in [2.05, 4.69) is 22.8 Å². The normalized spacial score (nSPS) is 10.5. The SMILES string of the molecule is COc1ccc(CCNC(=O)c2ccccc2SCc2cccs2)cc1. The van der Waals surface area contributed by atoms with Gasteiger partial charge >= 0.3 is 0 Å². The van der Waals surface area contributed by atoms with E-state index in [1.54, 1.807) is 30.2 Å². The van der Waals surface area contributed by atoms with Gasteiger partial charge in [0.15, 0.2) is 0 Å². The zero-order chi connectivity index (χ0) is 18.2. The summed E-state index contributed by atoms with van der Waals surface area (Å²) in [5.41, 5.74) is 1.91. The van der Waals surface area contributed by atoms with Gasteiger partial charge in [-0.25, -0.2) is 0 Å². The smallest absolute Gasteiger partial charge is 0.252 e. The molecule has 0 atom stereocenters. The number of ether oxygens (including phenoxy) is 1. The molecule has 0 bridgehead atoms. The third kappa shape index (κ3) is 5.13. The second-order valence-electron chi connectivity index (χ2n) is 5.72. The van der Waals surface area contributed by atoms with Crippen LogP contribution in [0.4, 0.5) is 0 Å². The summed E-state index contributed by atoms with van der Waals surface area (Å²) in [6.45, 7) is 0.606. The molecule has 0 radical (unpaired) electrons. The van der Waals surface area contributed by atoms with Crippen LogP contribution in [0.2, 0.25) is 0 Å². The van der Waals surface area contributed by atoms with Crippen LogP contribution in [0.5, 0.6) is 5.75 Å². The molecule has 1 amide bonds. The predicted molar refractivity (Wildman–Crippen MR) is 109 cm³/mol. The molecule has 0 fully saturated rings. The maximum Gasteiger partial charge on any atom is 0.252 e. The number of amides is 1. The van der Waals surface area contributed by atoms with E-state index in [0.717, 1.165) is 28.4 Å². The Morgan fingerprint density at radius 1 is 1.08 bits per heavy atom. The molecule has 134 valence electrons. The van der Waals surface area contributed by atoms with Crippen LogP contribution in [0.25, 0.3) is 0 Å².